The van der Waals surface area contributed by atoms with E-state index in [1.165, 1.54) is 0 Å². The van der Waals surface area contributed by atoms with Crippen molar-refractivity contribution in [3.05, 3.63) is 58.6 Å². The highest BCUT2D eigenvalue weighted by Gasteiger charge is 2.20. The third-order valence-electron chi connectivity index (χ3n) is 3.73. The summed E-state index contributed by atoms with van der Waals surface area (Å²) in [6.07, 6.45) is 1.01. The molecule has 0 radical (unpaired) electrons. The molecule has 2 aromatic carbocycles. The van der Waals surface area contributed by atoms with Crippen molar-refractivity contribution in [2.24, 2.45) is 0 Å². The highest BCUT2D eigenvalue weighted by molar-refractivity contribution is 7.88. The zero-order valence-electron chi connectivity index (χ0n) is 14.7. The van der Waals surface area contributed by atoms with Crippen LogP contribution in [0.3, 0.4) is 0 Å². The lowest BCUT2D eigenvalue weighted by Gasteiger charge is -2.18. The number of hydrogen-bond donors (Lipinski definition) is 2. The first-order valence-corrected chi connectivity index (χ1v) is 10.1. The summed E-state index contributed by atoms with van der Waals surface area (Å²) in [6, 6.07) is 11.3. The van der Waals surface area contributed by atoms with E-state index in [1.54, 1.807) is 49.6 Å². The fourth-order valence-corrected chi connectivity index (χ4v) is 3.44. The Morgan fingerprint density at radius 2 is 1.85 bits per heavy atom. The molecule has 26 heavy (non-hydrogen) atoms. The summed E-state index contributed by atoms with van der Waals surface area (Å²) < 4.78 is 31.0. The molecule has 8 heteroatoms. The number of halogens is 1. The molecular formula is C18H21ClN2O4S. The molecule has 2 aromatic rings. The van der Waals surface area contributed by atoms with Crippen molar-refractivity contribution >= 4 is 33.2 Å². The van der Waals surface area contributed by atoms with E-state index in [0.29, 0.717) is 22.0 Å². The SMILES string of the molecule is COc1ccc(C(CC(=O)Nc2ccc(Cl)cc2C)NS(C)(=O)=O)cc1. The Morgan fingerprint density at radius 3 is 2.38 bits per heavy atom. The summed E-state index contributed by atoms with van der Waals surface area (Å²) in [5.74, 6) is 0.334. The number of nitrogens with one attached hydrogen (secondary N) is 2. The second-order valence-electron chi connectivity index (χ2n) is 5.93. The molecule has 0 heterocycles. The Hall–Kier alpha value is -2.09. The van der Waals surface area contributed by atoms with Gasteiger partial charge in [-0.2, -0.15) is 0 Å². The molecule has 0 spiro atoms. The largest absolute Gasteiger partial charge is 0.497 e. The van der Waals surface area contributed by atoms with Crippen LogP contribution in [0.1, 0.15) is 23.6 Å². The van der Waals surface area contributed by atoms with Gasteiger partial charge in [0, 0.05) is 17.1 Å². The Kier molecular flexibility index (Phi) is 6.63. The molecule has 0 aliphatic heterocycles. The summed E-state index contributed by atoms with van der Waals surface area (Å²) in [5, 5.41) is 3.37. The number of amides is 1. The van der Waals surface area contributed by atoms with Gasteiger partial charge in [-0.3, -0.25) is 4.79 Å². The third-order valence-corrected chi connectivity index (χ3v) is 4.67. The third kappa shape index (κ3) is 6.01. The Balaban J connectivity index is 2.18. The molecule has 0 saturated carbocycles. The van der Waals surface area contributed by atoms with Gasteiger partial charge in [-0.15, -0.1) is 0 Å². The summed E-state index contributed by atoms with van der Waals surface area (Å²) in [6.45, 7) is 1.83. The minimum atomic E-state index is -3.50. The molecule has 6 nitrogen and oxygen atoms in total. The van der Waals surface area contributed by atoms with Crippen molar-refractivity contribution < 1.29 is 17.9 Å². The molecule has 0 aliphatic rings. The summed E-state index contributed by atoms with van der Waals surface area (Å²) >= 11 is 5.92. The Bertz CT molecular complexity index is 883. The molecular weight excluding hydrogens is 376 g/mol. The van der Waals surface area contributed by atoms with Crippen molar-refractivity contribution in [2.45, 2.75) is 19.4 Å². The molecule has 0 fully saturated rings. The van der Waals surface area contributed by atoms with Gasteiger partial charge < -0.3 is 10.1 Å². The number of carbonyl (C=O) groups is 1. The van der Waals surface area contributed by atoms with Gasteiger partial charge >= 0.3 is 0 Å². The van der Waals surface area contributed by atoms with E-state index in [-0.39, 0.29) is 12.3 Å². The topological polar surface area (TPSA) is 84.5 Å². The standard InChI is InChI=1S/C18H21ClN2O4S/c1-12-10-14(19)6-9-16(12)20-18(22)11-17(21-26(3,23)24)13-4-7-15(25-2)8-5-13/h4-10,17,21H,11H2,1-3H3,(H,20,22). The number of rotatable bonds is 7. The van der Waals surface area contributed by atoms with Crippen LogP contribution in [0.15, 0.2) is 42.5 Å². The molecule has 2 N–H and O–H groups in total. The maximum absolute atomic E-state index is 12.4. The molecule has 140 valence electrons. The van der Waals surface area contributed by atoms with Crippen LogP contribution in [0, 0.1) is 6.92 Å². The van der Waals surface area contributed by atoms with Crippen LogP contribution >= 0.6 is 11.6 Å². The zero-order valence-corrected chi connectivity index (χ0v) is 16.3. The lowest BCUT2D eigenvalue weighted by Crippen LogP contribution is -2.30. The number of sulfonamides is 1. The lowest BCUT2D eigenvalue weighted by atomic mass is 10.0. The van der Waals surface area contributed by atoms with Crippen LogP contribution in [0.5, 0.6) is 5.75 Å². The van der Waals surface area contributed by atoms with Crippen molar-refractivity contribution in [3.8, 4) is 5.75 Å². The predicted octanol–water partition coefficient (Wildman–Crippen LogP) is 3.28. The number of carbonyl (C=O) groups excluding carboxylic acids is 1. The van der Waals surface area contributed by atoms with E-state index in [2.05, 4.69) is 10.0 Å². The predicted molar refractivity (Wildman–Crippen MR) is 103 cm³/mol. The molecule has 0 aromatic heterocycles. The highest BCUT2D eigenvalue weighted by atomic mass is 35.5. The molecule has 1 unspecified atom stereocenters. The monoisotopic (exact) mass is 396 g/mol. The number of methoxy groups -OCH3 is 1. The van der Waals surface area contributed by atoms with Gasteiger partial charge in [0.05, 0.1) is 19.4 Å². The van der Waals surface area contributed by atoms with E-state index >= 15 is 0 Å². The molecule has 0 bridgehead atoms. The first-order valence-electron chi connectivity index (χ1n) is 7.85. The first-order chi connectivity index (χ1) is 12.2. The van der Waals surface area contributed by atoms with Crippen LogP contribution < -0.4 is 14.8 Å². The molecule has 1 atom stereocenters. The van der Waals surface area contributed by atoms with Gasteiger partial charge in [-0.25, -0.2) is 13.1 Å². The summed E-state index contributed by atoms with van der Waals surface area (Å²) in [4.78, 5) is 12.4. The van der Waals surface area contributed by atoms with Gasteiger partial charge in [-0.1, -0.05) is 23.7 Å². The number of aryl methyl sites for hydroxylation is 1. The molecule has 2 rings (SSSR count). The van der Waals surface area contributed by atoms with Gasteiger partial charge in [-0.05, 0) is 48.4 Å². The first kappa shape index (κ1) is 20.2. The number of benzene rings is 2. The van der Waals surface area contributed by atoms with Crippen LogP contribution in [0.4, 0.5) is 5.69 Å². The minimum absolute atomic E-state index is 0.0541. The summed E-state index contributed by atoms with van der Waals surface area (Å²) in [5.41, 5.74) is 2.12. The van der Waals surface area contributed by atoms with Crippen molar-refractivity contribution in [3.63, 3.8) is 0 Å². The summed E-state index contributed by atoms with van der Waals surface area (Å²) in [7, 11) is -1.95. The van der Waals surface area contributed by atoms with Crippen LogP contribution in [0.2, 0.25) is 5.02 Å². The van der Waals surface area contributed by atoms with Gasteiger partial charge in [0.25, 0.3) is 0 Å². The maximum Gasteiger partial charge on any atom is 0.226 e. The molecule has 0 saturated heterocycles. The van der Waals surface area contributed by atoms with E-state index in [9.17, 15) is 13.2 Å². The second kappa shape index (κ2) is 8.53. The highest BCUT2D eigenvalue weighted by Crippen LogP contribution is 2.23. The average Bonchev–Trinajstić information content (AvgIpc) is 2.56. The van der Waals surface area contributed by atoms with Crippen LogP contribution in [-0.4, -0.2) is 27.7 Å². The zero-order chi connectivity index (χ0) is 19.3. The van der Waals surface area contributed by atoms with Crippen LogP contribution in [0.25, 0.3) is 0 Å². The van der Waals surface area contributed by atoms with E-state index in [1.807, 2.05) is 6.92 Å². The average molecular weight is 397 g/mol. The number of ether oxygens (including phenoxy) is 1. The second-order valence-corrected chi connectivity index (χ2v) is 8.14. The smallest absolute Gasteiger partial charge is 0.226 e. The van der Waals surface area contributed by atoms with Gasteiger partial charge in [0.1, 0.15) is 5.75 Å². The lowest BCUT2D eigenvalue weighted by molar-refractivity contribution is -0.116. The Morgan fingerprint density at radius 1 is 1.19 bits per heavy atom. The van der Waals surface area contributed by atoms with E-state index in [4.69, 9.17) is 16.3 Å². The maximum atomic E-state index is 12.4. The van der Waals surface area contributed by atoms with E-state index in [0.717, 1.165) is 11.8 Å². The van der Waals surface area contributed by atoms with Gasteiger partial charge in [0.15, 0.2) is 0 Å². The van der Waals surface area contributed by atoms with Gasteiger partial charge in [0.2, 0.25) is 15.9 Å². The van der Waals surface area contributed by atoms with Crippen molar-refractivity contribution in [1.82, 2.24) is 4.72 Å². The van der Waals surface area contributed by atoms with Crippen molar-refractivity contribution in [1.29, 1.82) is 0 Å². The van der Waals surface area contributed by atoms with E-state index < -0.39 is 16.1 Å². The normalized spacial score (nSPS) is 12.5. The van der Waals surface area contributed by atoms with Crippen LogP contribution in [-0.2, 0) is 14.8 Å². The molecule has 0 aliphatic carbocycles. The van der Waals surface area contributed by atoms with Crippen molar-refractivity contribution in [2.75, 3.05) is 18.7 Å². The number of anilines is 1. The number of hydrogen-bond acceptors (Lipinski definition) is 4. The molecule has 1 amide bonds. The minimum Gasteiger partial charge on any atom is -0.497 e. The fraction of sp³-hybridized carbons (Fsp3) is 0.278. The fourth-order valence-electron chi connectivity index (χ4n) is 2.48. The quantitative estimate of drug-likeness (QED) is 0.752. The Labute approximate surface area is 158 Å².